The molecule has 1 aromatic heterocycles. The number of alkyl halides is 2. The highest BCUT2D eigenvalue weighted by molar-refractivity contribution is 5.29. The van der Waals surface area contributed by atoms with Crippen molar-refractivity contribution in [2.24, 2.45) is 0 Å². The minimum Gasteiger partial charge on any atom is -0.381 e. The van der Waals surface area contributed by atoms with Crippen molar-refractivity contribution in [3.63, 3.8) is 0 Å². The second-order valence-electron chi connectivity index (χ2n) is 3.12. The van der Waals surface area contributed by atoms with Gasteiger partial charge in [-0.25, -0.2) is 8.78 Å². The third kappa shape index (κ3) is 1.15. The maximum Gasteiger partial charge on any atom is 0.249 e. The average Bonchev–Trinajstić information content (AvgIpc) is 2.30. The molecule has 0 aliphatic heterocycles. The molecule has 12 heavy (non-hydrogen) atoms. The number of nitrogens with two attached hydrogens (primary N) is 1. The Bertz CT molecular complexity index is 289. The average molecular weight is 174 g/mol. The molecule has 1 heterocycles. The minimum absolute atomic E-state index is 0.151. The largest absolute Gasteiger partial charge is 0.381 e. The van der Waals surface area contributed by atoms with Gasteiger partial charge in [-0.15, -0.1) is 0 Å². The van der Waals surface area contributed by atoms with E-state index in [4.69, 9.17) is 10.3 Å². The fraction of sp³-hybridized carbons (Fsp3) is 0.571. The molecule has 0 saturated heterocycles. The van der Waals surface area contributed by atoms with Gasteiger partial charge in [0, 0.05) is 24.8 Å². The summed E-state index contributed by atoms with van der Waals surface area (Å²) in [6, 6.07) is 1.50. The van der Waals surface area contributed by atoms with Crippen LogP contribution in [0.4, 0.5) is 14.6 Å². The number of hydrogen-bond donors (Lipinski definition) is 1. The number of aromatic nitrogens is 1. The van der Waals surface area contributed by atoms with Crippen molar-refractivity contribution >= 4 is 5.82 Å². The van der Waals surface area contributed by atoms with Crippen LogP contribution in [0, 0.1) is 0 Å². The highest BCUT2D eigenvalue weighted by atomic mass is 19.3. The molecule has 1 aromatic rings. The molecule has 0 amide bonds. The van der Waals surface area contributed by atoms with Crippen LogP contribution in [0.1, 0.15) is 24.5 Å². The second kappa shape index (κ2) is 2.18. The van der Waals surface area contributed by atoms with Crippen molar-refractivity contribution < 1.29 is 13.3 Å². The maximum absolute atomic E-state index is 12.4. The summed E-state index contributed by atoms with van der Waals surface area (Å²) in [6.07, 6.45) is -0.302. The van der Waals surface area contributed by atoms with Gasteiger partial charge in [-0.2, -0.15) is 0 Å². The zero-order chi connectivity index (χ0) is 8.77. The molecule has 1 saturated carbocycles. The normalized spacial score (nSPS) is 22.2. The van der Waals surface area contributed by atoms with Gasteiger partial charge < -0.3 is 10.3 Å². The summed E-state index contributed by atoms with van der Waals surface area (Å²) in [7, 11) is 0. The summed E-state index contributed by atoms with van der Waals surface area (Å²) in [5, 5.41) is 3.43. The Morgan fingerprint density at radius 3 is 2.67 bits per heavy atom. The third-order valence-electron chi connectivity index (χ3n) is 2.04. The van der Waals surface area contributed by atoms with Crippen molar-refractivity contribution in [3.8, 4) is 0 Å². The van der Waals surface area contributed by atoms with Crippen LogP contribution < -0.4 is 5.73 Å². The van der Waals surface area contributed by atoms with Gasteiger partial charge in [-0.05, 0) is 0 Å². The lowest BCUT2D eigenvalue weighted by Crippen LogP contribution is -2.33. The van der Waals surface area contributed by atoms with E-state index in [0.717, 1.165) is 0 Å². The Balaban J connectivity index is 2.06. The predicted molar refractivity (Wildman–Crippen MR) is 37.8 cm³/mol. The molecule has 0 radical (unpaired) electrons. The van der Waals surface area contributed by atoms with Crippen LogP contribution in [0.15, 0.2) is 10.6 Å². The smallest absolute Gasteiger partial charge is 0.249 e. The van der Waals surface area contributed by atoms with Crippen LogP contribution in [0.5, 0.6) is 0 Å². The molecule has 0 atom stereocenters. The van der Waals surface area contributed by atoms with Gasteiger partial charge in [0.15, 0.2) is 5.82 Å². The van der Waals surface area contributed by atoms with E-state index in [-0.39, 0.29) is 24.6 Å². The van der Waals surface area contributed by atoms with Gasteiger partial charge >= 0.3 is 0 Å². The molecule has 5 heteroatoms. The van der Waals surface area contributed by atoms with E-state index in [2.05, 4.69) is 5.16 Å². The Morgan fingerprint density at radius 2 is 2.25 bits per heavy atom. The number of halogens is 2. The number of anilines is 1. The number of hydrogen-bond acceptors (Lipinski definition) is 3. The molecule has 1 aliphatic rings. The van der Waals surface area contributed by atoms with E-state index in [9.17, 15) is 8.78 Å². The number of rotatable bonds is 1. The van der Waals surface area contributed by atoms with Gasteiger partial charge in [0.05, 0.1) is 0 Å². The van der Waals surface area contributed by atoms with Crippen molar-refractivity contribution in [1.29, 1.82) is 0 Å². The van der Waals surface area contributed by atoms with Crippen molar-refractivity contribution in [1.82, 2.24) is 5.16 Å². The van der Waals surface area contributed by atoms with Crippen LogP contribution in [0.25, 0.3) is 0 Å². The maximum atomic E-state index is 12.4. The Kier molecular flexibility index (Phi) is 1.37. The van der Waals surface area contributed by atoms with Crippen LogP contribution >= 0.6 is 0 Å². The molecule has 0 aromatic carbocycles. The molecule has 0 spiro atoms. The first-order chi connectivity index (χ1) is 5.57. The van der Waals surface area contributed by atoms with Gasteiger partial charge in [-0.1, -0.05) is 5.16 Å². The SMILES string of the molecule is Nc1cc(C2CC(F)(F)C2)on1. The Labute approximate surface area is 67.5 Å². The van der Waals surface area contributed by atoms with Crippen molar-refractivity contribution in [2.75, 3.05) is 5.73 Å². The van der Waals surface area contributed by atoms with Gasteiger partial charge in [0.1, 0.15) is 5.76 Å². The molecule has 2 rings (SSSR count). The van der Waals surface area contributed by atoms with Crippen molar-refractivity contribution in [2.45, 2.75) is 24.7 Å². The zero-order valence-corrected chi connectivity index (χ0v) is 6.26. The number of nitrogen functional groups attached to an aromatic ring is 1. The lowest BCUT2D eigenvalue weighted by Gasteiger charge is -2.32. The summed E-state index contributed by atoms with van der Waals surface area (Å²) >= 11 is 0. The van der Waals surface area contributed by atoms with Gasteiger partial charge in [0.2, 0.25) is 5.92 Å². The van der Waals surface area contributed by atoms with E-state index >= 15 is 0 Å². The van der Waals surface area contributed by atoms with E-state index in [1.807, 2.05) is 0 Å². The molecule has 0 bridgehead atoms. The monoisotopic (exact) mass is 174 g/mol. The Morgan fingerprint density at radius 1 is 1.58 bits per heavy atom. The summed E-state index contributed by atoms with van der Waals surface area (Å²) in [5.74, 6) is -2.00. The Hall–Kier alpha value is -1.13. The van der Waals surface area contributed by atoms with Crippen LogP contribution in [0.3, 0.4) is 0 Å². The summed E-state index contributed by atoms with van der Waals surface area (Å²) in [4.78, 5) is 0. The standard InChI is InChI=1S/C7H8F2N2O/c8-7(9)2-4(3-7)5-1-6(10)11-12-5/h1,4H,2-3H2,(H2,10,11). The molecule has 1 fully saturated rings. The molecule has 0 unspecified atom stereocenters. The molecule has 3 nitrogen and oxygen atoms in total. The third-order valence-corrected chi connectivity index (χ3v) is 2.04. The fourth-order valence-electron chi connectivity index (χ4n) is 1.36. The summed E-state index contributed by atoms with van der Waals surface area (Å²) in [6.45, 7) is 0. The van der Waals surface area contributed by atoms with E-state index in [1.165, 1.54) is 6.07 Å². The lowest BCUT2D eigenvalue weighted by molar-refractivity contribution is -0.0914. The molecular formula is C7H8F2N2O. The quantitative estimate of drug-likeness (QED) is 0.705. The minimum atomic E-state index is -2.52. The summed E-state index contributed by atoms with van der Waals surface area (Å²) in [5.41, 5.74) is 5.27. The first-order valence-electron chi connectivity index (χ1n) is 3.67. The first-order valence-corrected chi connectivity index (χ1v) is 3.67. The van der Waals surface area contributed by atoms with E-state index in [0.29, 0.717) is 5.76 Å². The number of nitrogens with zero attached hydrogens (tertiary/aromatic N) is 1. The molecular weight excluding hydrogens is 166 g/mol. The first kappa shape index (κ1) is 7.52. The van der Waals surface area contributed by atoms with Crippen LogP contribution in [0.2, 0.25) is 0 Å². The highest BCUT2D eigenvalue weighted by Crippen LogP contribution is 2.48. The van der Waals surface area contributed by atoms with Crippen LogP contribution in [-0.2, 0) is 0 Å². The molecule has 66 valence electrons. The molecule has 1 aliphatic carbocycles. The predicted octanol–water partition coefficient (Wildman–Crippen LogP) is 1.77. The van der Waals surface area contributed by atoms with Gasteiger partial charge in [0.25, 0.3) is 0 Å². The van der Waals surface area contributed by atoms with Crippen molar-refractivity contribution in [3.05, 3.63) is 11.8 Å². The lowest BCUT2D eigenvalue weighted by atomic mass is 9.80. The van der Waals surface area contributed by atoms with E-state index in [1.54, 1.807) is 0 Å². The van der Waals surface area contributed by atoms with Crippen LogP contribution in [-0.4, -0.2) is 11.1 Å². The summed E-state index contributed by atoms with van der Waals surface area (Å²) < 4.78 is 29.5. The topological polar surface area (TPSA) is 52.0 Å². The fourth-order valence-corrected chi connectivity index (χ4v) is 1.36. The highest BCUT2D eigenvalue weighted by Gasteiger charge is 2.47. The second-order valence-corrected chi connectivity index (χ2v) is 3.12. The van der Waals surface area contributed by atoms with E-state index < -0.39 is 5.92 Å². The molecule has 2 N–H and O–H groups in total. The van der Waals surface area contributed by atoms with Gasteiger partial charge in [-0.3, -0.25) is 0 Å². The zero-order valence-electron chi connectivity index (χ0n) is 6.26.